The first-order valence-electron chi connectivity index (χ1n) is 4.16. The van der Waals surface area contributed by atoms with Crippen LogP contribution in [-0.2, 0) is 0 Å². The molecule has 0 aliphatic rings. The quantitative estimate of drug-likeness (QED) is 0.484. The van der Waals surface area contributed by atoms with Crippen molar-refractivity contribution in [1.29, 1.82) is 0 Å². The van der Waals surface area contributed by atoms with E-state index in [0.29, 0.717) is 0 Å². The van der Waals surface area contributed by atoms with E-state index in [4.69, 9.17) is 21.8 Å². The Hall–Kier alpha value is -2.62. The van der Waals surface area contributed by atoms with Gasteiger partial charge in [-0.3, -0.25) is 20.7 Å². The molecule has 18 heavy (non-hydrogen) atoms. The predicted molar refractivity (Wildman–Crippen MR) is 59.2 cm³/mol. The summed E-state index contributed by atoms with van der Waals surface area (Å²) in [4.78, 5) is 34.0. The molecule has 0 saturated heterocycles. The van der Waals surface area contributed by atoms with Gasteiger partial charge in [-0.05, 0) is 0 Å². The number of anilines is 2. The van der Waals surface area contributed by atoms with Crippen LogP contribution in [0, 0.1) is 10.1 Å². The van der Waals surface area contributed by atoms with Crippen molar-refractivity contribution in [1.82, 2.24) is 4.98 Å². The monoisotopic (exact) mass is 276 g/mol. The largest absolute Gasteiger partial charge is 0.465 e. The number of halogens is 1. The highest BCUT2D eigenvalue weighted by Crippen LogP contribution is 2.33. The smallest absolute Gasteiger partial charge is 0.410 e. The molecule has 0 aliphatic carbocycles. The summed E-state index contributed by atoms with van der Waals surface area (Å²) in [6.07, 6.45) is -3.08. The van der Waals surface area contributed by atoms with E-state index in [2.05, 4.69) is 4.98 Å². The maximum absolute atomic E-state index is 10.7. The van der Waals surface area contributed by atoms with Gasteiger partial charge in [0, 0.05) is 6.07 Å². The van der Waals surface area contributed by atoms with Crippen molar-refractivity contribution in [2.75, 3.05) is 10.6 Å². The highest BCUT2D eigenvalue weighted by molar-refractivity contribution is 6.33. The van der Waals surface area contributed by atoms with Gasteiger partial charge in [0.25, 0.3) is 0 Å². The Balaban J connectivity index is 3.31. The lowest BCUT2D eigenvalue weighted by Crippen LogP contribution is -2.14. The van der Waals surface area contributed by atoms with Gasteiger partial charge in [0.05, 0.1) is 4.92 Å². The Labute approximate surface area is 103 Å². The van der Waals surface area contributed by atoms with Crippen LogP contribution in [0.15, 0.2) is 6.07 Å². The van der Waals surface area contributed by atoms with E-state index in [1.165, 1.54) is 0 Å². The lowest BCUT2D eigenvalue weighted by molar-refractivity contribution is -0.384. The zero-order valence-corrected chi connectivity index (χ0v) is 9.13. The number of aromatic nitrogens is 1. The van der Waals surface area contributed by atoms with E-state index in [1.807, 2.05) is 0 Å². The van der Waals surface area contributed by atoms with Crippen LogP contribution in [0.2, 0.25) is 5.02 Å². The molecule has 4 N–H and O–H groups in total. The second kappa shape index (κ2) is 5.14. The number of carbonyl (C=O) groups is 2. The van der Waals surface area contributed by atoms with Crippen LogP contribution >= 0.6 is 11.6 Å². The molecule has 2 amide bonds. The van der Waals surface area contributed by atoms with Crippen molar-refractivity contribution in [3.8, 4) is 0 Å². The Morgan fingerprint density at radius 3 is 2.33 bits per heavy atom. The van der Waals surface area contributed by atoms with Crippen LogP contribution in [0.5, 0.6) is 0 Å². The molecule has 0 aliphatic heterocycles. The molecule has 1 heterocycles. The first-order valence-corrected chi connectivity index (χ1v) is 4.54. The van der Waals surface area contributed by atoms with E-state index < -0.39 is 33.6 Å². The van der Waals surface area contributed by atoms with Crippen molar-refractivity contribution in [2.24, 2.45) is 0 Å². The van der Waals surface area contributed by atoms with E-state index in [0.717, 1.165) is 6.07 Å². The third-order valence-electron chi connectivity index (χ3n) is 1.59. The van der Waals surface area contributed by atoms with Crippen molar-refractivity contribution < 1.29 is 24.7 Å². The van der Waals surface area contributed by atoms with Crippen LogP contribution in [0.4, 0.5) is 26.9 Å². The average Bonchev–Trinajstić information content (AvgIpc) is 2.12. The van der Waals surface area contributed by atoms with Gasteiger partial charge in [-0.15, -0.1) is 0 Å². The molecule has 0 aromatic carbocycles. The lowest BCUT2D eigenvalue weighted by atomic mass is 10.3. The molecule has 10 nitrogen and oxygen atoms in total. The summed E-state index contributed by atoms with van der Waals surface area (Å²) in [6, 6.07) is 0.890. The first-order chi connectivity index (χ1) is 8.31. The highest BCUT2D eigenvalue weighted by Gasteiger charge is 2.23. The molecule has 0 saturated carbocycles. The predicted octanol–water partition coefficient (Wildman–Crippen LogP) is 1.82. The molecule has 0 bridgehead atoms. The zero-order valence-electron chi connectivity index (χ0n) is 8.38. The molecular formula is C7H5ClN4O6. The molecule has 96 valence electrons. The van der Waals surface area contributed by atoms with Gasteiger partial charge in [-0.2, -0.15) is 0 Å². The van der Waals surface area contributed by atoms with Crippen LogP contribution in [0.3, 0.4) is 0 Å². The van der Waals surface area contributed by atoms with Gasteiger partial charge in [0.1, 0.15) is 10.8 Å². The third kappa shape index (κ3) is 3.18. The minimum atomic E-state index is -1.60. The standard InChI is InChI=1S/C7H5ClN4O6/c8-2-1-3(10-6(13)14)9-5(11-7(15)16)4(2)12(17)18/h1H,(H,13,14)(H,15,16)(H2,9,10,11). The fourth-order valence-electron chi connectivity index (χ4n) is 1.04. The van der Waals surface area contributed by atoms with E-state index >= 15 is 0 Å². The average molecular weight is 277 g/mol. The fraction of sp³-hybridized carbons (Fsp3) is 0. The van der Waals surface area contributed by atoms with E-state index in [1.54, 1.807) is 10.6 Å². The van der Waals surface area contributed by atoms with Crippen molar-refractivity contribution in [3.63, 3.8) is 0 Å². The maximum Gasteiger partial charge on any atom is 0.410 e. The molecule has 1 aromatic rings. The number of pyridine rings is 1. The number of rotatable bonds is 3. The van der Waals surface area contributed by atoms with Crippen molar-refractivity contribution in [2.45, 2.75) is 0 Å². The van der Waals surface area contributed by atoms with Crippen LogP contribution in [-0.4, -0.2) is 32.3 Å². The van der Waals surface area contributed by atoms with Gasteiger partial charge in [-0.1, -0.05) is 11.6 Å². The molecule has 0 atom stereocenters. The van der Waals surface area contributed by atoms with E-state index in [-0.39, 0.29) is 5.82 Å². The SMILES string of the molecule is O=C(O)Nc1cc(Cl)c([N+](=O)[O-])c(NC(=O)O)n1. The van der Waals surface area contributed by atoms with Gasteiger partial charge in [0.15, 0.2) is 0 Å². The molecule has 0 radical (unpaired) electrons. The zero-order chi connectivity index (χ0) is 13.9. The normalized spacial score (nSPS) is 9.61. The maximum atomic E-state index is 10.7. The molecule has 0 unspecified atom stereocenters. The molecule has 0 fully saturated rings. The van der Waals surface area contributed by atoms with Crippen LogP contribution in [0.25, 0.3) is 0 Å². The molecule has 0 spiro atoms. The number of carboxylic acid groups (broad SMARTS) is 2. The molecular weight excluding hydrogens is 272 g/mol. The third-order valence-corrected chi connectivity index (χ3v) is 1.88. The van der Waals surface area contributed by atoms with E-state index in [9.17, 15) is 19.7 Å². The summed E-state index contributed by atoms with van der Waals surface area (Å²) in [7, 11) is 0. The first kappa shape index (κ1) is 13.4. The minimum Gasteiger partial charge on any atom is -0.465 e. The minimum absolute atomic E-state index is 0.346. The Morgan fingerprint density at radius 2 is 1.89 bits per heavy atom. The summed E-state index contributed by atoms with van der Waals surface area (Å²) in [6.45, 7) is 0. The summed E-state index contributed by atoms with van der Waals surface area (Å²) >= 11 is 5.55. The Morgan fingerprint density at radius 1 is 1.33 bits per heavy atom. The summed E-state index contributed by atoms with van der Waals surface area (Å²) in [5.74, 6) is -1.02. The van der Waals surface area contributed by atoms with Gasteiger partial charge in [-0.25, -0.2) is 14.6 Å². The lowest BCUT2D eigenvalue weighted by Gasteiger charge is -2.06. The molecule has 1 rings (SSSR count). The number of nitrogens with zero attached hydrogens (tertiary/aromatic N) is 2. The number of hydrogen-bond acceptors (Lipinski definition) is 5. The Kier molecular flexibility index (Phi) is 3.84. The second-order valence-corrected chi connectivity index (χ2v) is 3.21. The number of hydrogen-bond donors (Lipinski definition) is 4. The number of amides is 2. The van der Waals surface area contributed by atoms with Crippen molar-refractivity contribution >= 4 is 41.1 Å². The molecule has 11 heteroatoms. The van der Waals surface area contributed by atoms with Crippen molar-refractivity contribution in [3.05, 3.63) is 21.2 Å². The summed E-state index contributed by atoms with van der Waals surface area (Å²) in [5, 5.41) is 30.6. The topological polar surface area (TPSA) is 155 Å². The second-order valence-electron chi connectivity index (χ2n) is 2.80. The number of nitro groups is 1. The highest BCUT2D eigenvalue weighted by atomic mass is 35.5. The van der Waals surface area contributed by atoms with Gasteiger partial charge in [0.2, 0.25) is 5.82 Å². The molecule has 1 aromatic heterocycles. The summed E-state index contributed by atoms with van der Waals surface area (Å²) < 4.78 is 0. The van der Waals surface area contributed by atoms with Crippen LogP contribution in [0.1, 0.15) is 0 Å². The Bertz CT molecular complexity index is 533. The fourth-order valence-corrected chi connectivity index (χ4v) is 1.30. The summed E-state index contributed by atoms with van der Waals surface area (Å²) in [5.41, 5.74) is -0.769. The van der Waals surface area contributed by atoms with Gasteiger partial charge < -0.3 is 10.2 Å². The van der Waals surface area contributed by atoms with Gasteiger partial charge >= 0.3 is 17.9 Å². The number of nitrogens with one attached hydrogen (secondary N) is 2. The van der Waals surface area contributed by atoms with Crippen LogP contribution < -0.4 is 10.6 Å².